The van der Waals surface area contributed by atoms with E-state index in [1.54, 1.807) is 12.1 Å². The largest absolute Gasteiger partial charge is 0.379 e. The Labute approximate surface area is 188 Å². The van der Waals surface area contributed by atoms with E-state index in [0.29, 0.717) is 44.6 Å². The standard InChI is InChI=1S/C21H31N5O5S/c27-20(22-17-1-2-17)15-24-7-9-25(10-8-24)16-21(28)23-18-3-5-19(6-4-18)32(29,30)26-11-13-31-14-12-26/h3-6,17H,1-2,7-16H2,(H,22,27)(H,23,28). The molecule has 4 rings (SSSR count). The number of carbonyl (C=O) groups excluding carboxylic acids is 2. The van der Waals surface area contributed by atoms with Crippen molar-refractivity contribution in [1.29, 1.82) is 0 Å². The highest BCUT2D eigenvalue weighted by Crippen LogP contribution is 2.20. The van der Waals surface area contributed by atoms with Gasteiger partial charge in [-0.1, -0.05) is 0 Å². The molecule has 2 saturated heterocycles. The van der Waals surface area contributed by atoms with Crippen molar-refractivity contribution < 1.29 is 22.7 Å². The van der Waals surface area contributed by atoms with Crippen molar-refractivity contribution in [1.82, 2.24) is 19.4 Å². The van der Waals surface area contributed by atoms with E-state index in [-0.39, 0.29) is 23.3 Å². The number of anilines is 1. The van der Waals surface area contributed by atoms with E-state index in [1.165, 1.54) is 16.4 Å². The average molecular weight is 466 g/mol. The lowest BCUT2D eigenvalue weighted by atomic mass is 10.3. The van der Waals surface area contributed by atoms with Gasteiger partial charge in [0.25, 0.3) is 0 Å². The quantitative estimate of drug-likeness (QED) is 0.535. The molecular formula is C21H31N5O5S. The minimum absolute atomic E-state index is 0.0813. The number of rotatable bonds is 8. The molecule has 1 aromatic carbocycles. The van der Waals surface area contributed by atoms with Gasteiger partial charge in [0.1, 0.15) is 0 Å². The first-order valence-electron chi connectivity index (χ1n) is 11.1. The van der Waals surface area contributed by atoms with Gasteiger partial charge in [0.2, 0.25) is 21.8 Å². The summed E-state index contributed by atoms with van der Waals surface area (Å²) in [5, 5.41) is 5.83. The number of amides is 2. The fraction of sp³-hybridized carbons (Fsp3) is 0.619. The van der Waals surface area contributed by atoms with E-state index >= 15 is 0 Å². The Hall–Kier alpha value is -2.05. The summed E-state index contributed by atoms with van der Waals surface area (Å²) >= 11 is 0. The summed E-state index contributed by atoms with van der Waals surface area (Å²) in [5.41, 5.74) is 0.561. The Kier molecular flexibility index (Phi) is 7.41. The second-order valence-electron chi connectivity index (χ2n) is 8.48. The van der Waals surface area contributed by atoms with Crippen molar-refractivity contribution in [3.8, 4) is 0 Å². The Morgan fingerprint density at radius 1 is 0.875 bits per heavy atom. The molecule has 0 aromatic heterocycles. The molecule has 176 valence electrons. The van der Waals surface area contributed by atoms with Gasteiger partial charge in [-0.25, -0.2) is 8.42 Å². The Balaban J connectivity index is 1.21. The summed E-state index contributed by atoms with van der Waals surface area (Å²) in [6, 6.07) is 6.64. The Morgan fingerprint density at radius 3 is 2.00 bits per heavy atom. The molecule has 2 amide bonds. The maximum atomic E-state index is 12.7. The maximum Gasteiger partial charge on any atom is 0.243 e. The van der Waals surface area contributed by atoms with E-state index in [0.717, 1.165) is 39.0 Å². The molecule has 0 atom stereocenters. The molecule has 3 aliphatic rings. The van der Waals surface area contributed by atoms with Gasteiger partial charge in [0, 0.05) is 51.0 Å². The average Bonchev–Trinajstić information content (AvgIpc) is 3.60. The fourth-order valence-corrected chi connectivity index (χ4v) is 5.27. The van der Waals surface area contributed by atoms with Gasteiger partial charge in [0.05, 0.1) is 31.2 Å². The summed E-state index contributed by atoms with van der Waals surface area (Å²) in [6.07, 6.45) is 2.17. The number of nitrogens with one attached hydrogen (secondary N) is 2. The molecule has 1 aromatic rings. The Morgan fingerprint density at radius 2 is 1.44 bits per heavy atom. The van der Waals surface area contributed by atoms with Crippen LogP contribution in [-0.2, 0) is 24.3 Å². The van der Waals surface area contributed by atoms with Crippen LogP contribution in [0.25, 0.3) is 0 Å². The number of sulfonamides is 1. The first-order chi connectivity index (χ1) is 15.4. The number of hydrogen-bond acceptors (Lipinski definition) is 7. The number of ether oxygens (including phenoxy) is 1. The molecule has 2 N–H and O–H groups in total. The van der Waals surface area contributed by atoms with Crippen molar-refractivity contribution in [3.05, 3.63) is 24.3 Å². The van der Waals surface area contributed by atoms with Gasteiger partial charge >= 0.3 is 0 Å². The second-order valence-corrected chi connectivity index (χ2v) is 10.4. The number of hydrogen-bond donors (Lipinski definition) is 2. The predicted octanol–water partition coefficient (Wildman–Crippen LogP) is -0.458. The molecular weight excluding hydrogens is 434 g/mol. The third-order valence-electron chi connectivity index (χ3n) is 5.89. The molecule has 0 radical (unpaired) electrons. The maximum absolute atomic E-state index is 12.7. The van der Waals surface area contributed by atoms with Crippen LogP contribution in [0.2, 0.25) is 0 Å². The molecule has 3 fully saturated rings. The van der Waals surface area contributed by atoms with Crippen LogP contribution in [0.5, 0.6) is 0 Å². The summed E-state index contributed by atoms with van der Waals surface area (Å²) < 4.78 is 32.0. The number of morpholine rings is 1. The van der Waals surface area contributed by atoms with Crippen LogP contribution in [0.1, 0.15) is 12.8 Å². The summed E-state index contributed by atoms with van der Waals surface area (Å²) in [6.45, 7) is 5.11. The zero-order valence-electron chi connectivity index (χ0n) is 18.2. The van der Waals surface area contributed by atoms with Gasteiger partial charge in [0.15, 0.2) is 0 Å². The SMILES string of the molecule is O=C(CN1CCN(CC(=O)NC2CC2)CC1)Nc1ccc(S(=O)(=O)N2CCOCC2)cc1. The molecule has 2 aliphatic heterocycles. The van der Waals surface area contributed by atoms with E-state index in [4.69, 9.17) is 4.74 Å². The molecule has 0 spiro atoms. The number of carbonyl (C=O) groups is 2. The van der Waals surface area contributed by atoms with E-state index in [2.05, 4.69) is 20.4 Å². The fourth-order valence-electron chi connectivity index (χ4n) is 3.86. The molecule has 10 nitrogen and oxygen atoms in total. The minimum Gasteiger partial charge on any atom is -0.379 e. The zero-order chi connectivity index (χ0) is 22.6. The molecule has 1 saturated carbocycles. The number of benzene rings is 1. The van der Waals surface area contributed by atoms with Gasteiger partial charge in [-0.2, -0.15) is 4.31 Å². The van der Waals surface area contributed by atoms with Gasteiger partial charge in [-0.15, -0.1) is 0 Å². The predicted molar refractivity (Wildman–Crippen MR) is 119 cm³/mol. The van der Waals surface area contributed by atoms with E-state index in [1.807, 2.05) is 0 Å². The van der Waals surface area contributed by atoms with Crippen LogP contribution in [0.4, 0.5) is 5.69 Å². The van der Waals surface area contributed by atoms with Gasteiger partial charge in [-0.3, -0.25) is 19.4 Å². The van der Waals surface area contributed by atoms with Gasteiger partial charge < -0.3 is 15.4 Å². The van der Waals surface area contributed by atoms with Crippen LogP contribution >= 0.6 is 0 Å². The highest BCUT2D eigenvalue weighted by molar-refractivity contribution is 7.89. The monoisotopic (exact) mass is 465 g/mol. The second kappa shape index (κ2) is 10.3. The highest BCUT2D eigenvalue weighted by atomic mass is 32.2. The topological polar surface area (TPSA) is 111 Å². The molecule has 11 heteroatoms. The number of nitrogens with zero attached hydrogens (tertiary/aromatic N) is 3. The van der Waals surface area contributed by atoms with Crippen LogP contribution < -0.4 is 10.6 Å². The van der Waals surface area contributed by atoms with Crippen molar-refractivity contribution in [3.63, 3.8) is 0 Å². The molecule has 0 unspecified atom stereocenters. The highest BCUT2D eigenvalue weighted by Gasteiger charge is 2.27. The lowest BCUT2D eigenvalue weighted by Crippen LogP contribution is -2.51. The van der Waals surface area contributed by atoms with E-state index < -0.39 is 10.0 Å². The summed E-state index contributed by atoms with van der Waals surface area (Å²) in [7, 11) is -3.55. The lowest BCUT2D eigenvalue weighted by Gasteiger charge is -2.33. The van der Waals surface area contributed by atoms with Crippen LogP contribution in [0.15, 0.2) is 29.2 Å². The molecule has 1 aliphatic carbocycles. The minimum atomic E-state index is -3.55. The van der Waals surface area contributed by atoms with Crippen molar-refractivity contribution >= 4 is 27.5 Å². The normalized spacial score (nSPS) is 21.2. The van der Waals surface area contributed by atoms with Crippen molar-refractivity contribution in [2.24, 2.45) is 0 Å². The summed E-state index contributed by atoms with van der Waals surface area (Å²) in [5.74, 6) is -0.0634. The van der Waals surface area contributed by atoms with Crippen LogP contribution in [0, 0.1) is 0 Å². The molecule has 0 bridgehead atoms. The first kappa shape index (κ1) is 23.1. The van der Waals surface area contributed by atoms with E-state index in [9.17, 15) is 18.0 Å². The van der Waals surface area contributed by atoms with Crippen LogP contribution in [-0.4, -0.2) is 106 Å². The number of piperazine rings is 1. The molecule has 2 heterocycles. The lowest BCUT2D eigenvalue weighted by molar-refractivity contribution is -0.123. The first-order valence-corrected chi connectivity index (χ1v) is 12.6. The zero-order valence-corrected chi connectivity index (χ0v) is 19.0. The Bertz CT molecular complexity index is 905. The van der Waals surface area contributed by atoms with Crippen LogP contribution in [0.3, 0.4) is 0 Å². The smallest absolute Gasteiger partial charge is 0.243 e. The van der Waals surface area contributed by atoms with Crippen molar-refractivity contribution in [2.45, 2.75) is 23.8 Å². The third-order valence-corrected chi connectivity index (χ3v) is 7.80. The third kappa shape index (κ3) is 6.26. The molecule has 32 heavy (non-hydrogen) atoms. The summed E-state index contributed by atoms with van der Waals surface area (Å²) in [4.78, 5) is 28.7. The van der Waals surface area contributed by atoms with Gasteiger partial charge in [-0.05, 0) is 37.1 Å². The van der Waals surface area contributed by atoms with Crippen molar-refractivity contribution in [2.75, 3.05) is 70.9 Å².